The number of carboxylic acids is 2. The van der Waals surface area contributed by atoms with Gasteiger partial charge in [-0.15, -0.1) is 0 Å². The predicted octanol–water partition coefficient (Wildman–Crippen LogP) is 7.25. The highest BCUT2D eigenvalue weighted by atomic mass is 31.2. The molecule has 1 fully saturated rings. The number of carboxylic acid groups (broad SMARTS) is 2. The molecule has 1 aromatic carbocycles. The molecule has 288 valence electrons. The molecule has 2 rings (SSSR count). The van der Waals surface area contributed by atoms with E-state index in [1.54, 1.807) is 6.92 Å². The van der Waals surface area contributed by atoms with Gasteiger partial charge in [0.05, 0.1) is 26.3 Å². The summed E-state index contributed by atoms with van der Waals surface area (Å²) < 4.78 is 21.0. The number of phosphoric ester groups is 1. The number of hydrogen-bond acceptors (Lipinski definition) is 8. The maximum absolute atomic E-state index is 11.7. The molecule has 11 nitrogen and oxygen atoms in total. The van der Waals surface area contributed by atoms with Gasteiger partial charge in [-0.1, -0.05) is 114 Å². The Morgan fingerprint density at radius 3 is 1.70 bits per heavy atom. The van der Waals surface area contributed by atoms with Gasteiger partial charge < -0.3 is 20.0 Å². The van der Waals surface area contributed by atoms with E-state index < -0.39 is 19.8 Å². The summed E-state index contributed by atoms with van der Waals surface area (Å²) >= 11 is 0. The zero-order valence-electron chi connectivity index (χ0n) is 31.2. The molecule has 0 aliphatic carbocycles. The number of aliphatic carboxylic acids is 2. The molecule has 0 amide bonds. The highest BCUT2D eigenvalue weighted by Gasteiger charge is 2.27. The number of phosphoric acid groups is 1. The zero-order valence-corrected chi connectivity index (χ0v) is 32.0. The Balaban J connectivity index is 1.52. The van der Waals surface area contributed by atoms with E-state index in [1.165, 1.54) is 89.0 Å². The molecule has 1 saturated heterocycles. The lowest BCUT2D eigenvalue weighted by atomic mass is 9.99. The first-order valence-electron chi connectivity index (χ1n) is 19.4. The van der Waals surface area contributed by atoms with Crippen LogP contribution in [0.3, 0.4) is 0 Å². The van der Waals surface area contributed by atoms with Crippen molar-refractivity contribution in [3.8, 4) is 0 Å². The summed E-state index contributed by atoms with van der Waals surface area (Å²) in [6, 6.07) is 8.67. The molecule has 50 heavy (non-hydrogen) atoms. The van der Waals surface area contributed by atoms with Crippen molar-refractivity contribution in [3.05, 3.63) is 35.4 Å². The third kappa shape index (κ3) is 22.2. The van der Waals surface area contributed by atoms with E-state index in [0.29, 0.717) is 26.1 Å². The quantitative estimate of drug-likeness (QED) is 0.0594. The van der Waals surface area contributed by atoms with Crippen LogP contribution in [-0.2, 0) is 36.0 Å². The van der Waals surface area contributed by atoms with Gasteiger partial charge in [0.25, 0.3) is 0 Å². The summed E-state index contributed by atoms with van der Waals surface area (Å²) in [5.74, 6) is -1.71. The van der Waals surface area contributed by atoms with E-state index in [1.807, 2.05) is 16.8 Å². The molecule has 0 bridgehead atoms. The highest BCUT2D eigenvalue weighted by molar-refractivity contribution is 7.47. The van der Waals surface area contributed by atoms with Crippen LogP contribution in [0, 0.1) is 0 Å². The minimum Gasteiger partial charge on any atom is -0.480 e. The summed E-state index contributed by atoms with van der Waals surface area (Å²) in [5, 5.41) is 19.0. The summed E-state index contributed by atoms with van der Waals surface area (Å²) in [6.45, 7) is 5.38. The Bertz CT molecular complexity index is 1090. The highest BCUT2D eigenvalue weighted by Crippen LogP contribution is 2.43. The summed E-state index contributed by atoms with van der Waals surface area (Å²) in [4.78, 5) is 38.7. The molecule has 0 radical (unpaired) electrons. The van der Waals surface area contributed by atoms with E-state index in [0.717, 1.165) is 44.3 Å². The second-order valence-corrected chi connectivity index (χ2v) is 15.6. The van der Waals surface area contributed by atoms with Crippen molar-refractivity contribution in [3.63, 3.8) is 0 Å². The van der Waals surface area contributed by atoms with Crippen molar-refractivity contribution in [2.45, 2.75) is 129 Å². The molecule has 1 aliphatic heterocycles. The Kier molecular flexibility index (Phi) is 23.8. The van der Waals surface area contributed by atoms with Crippen molar-refractivity contribution in [2.75, 3.05) is 66.1 Å². The molecular formula is C38H68N3O8P. The number of aryl methyl sites for hydroxylation is 1. The normalized spacial score (nSPS) is 17.9. The van der Waals surface area contributed by atoms with Crippen molar-refractivity contribution in [2.24, 2.45) is 0 Å². The lowest BCUT2D eigenvalue weighted by Gasteiger charge is -2.33. The van der Waals surface area contributed by atoms with Gasteiger partial charge in [0.2, 0.25) is 0 Å². The third-order valence-corrected chi connectivity index (χ3v) is 10.7. The van der Waals surface area contributed by atoms with Crippen LogP contribution >= 0.6 is 7.82 Å². The first-order chi connectivity index (χ1) is 24.1. The minimum atomic E-state index is -3.83. The fourth-order valence-corrected chi connectivity index (χ4v) is 7.48. The first-order valence-corrected chi connectivity index (χ1v) is 20.9. The van der Waals surface area contributed by atoms with Gasteiger partial charge in [0.15, 0.2) is 0 Å². The largest absolute Gasteiger partial charge is 0.480 e. The molecule has 3 N–H and O–H groups in total. The second kappa shape index (κ2) is 26.9. The topological polar surface area (TPSA) is 140 Å². The van der Waals surface area contributed by atoms with E-state index >= 15 is 0 Å². The number of nitrogens with zero attached hydrogens (tertiary/aromatic N) is 3. The monoisotopic (exact) mass is 725 g/mol. The number of likely N-dealkylation sites (N-methyl/N-ethyl adjacent to an activating group) is 1. The number of benzene rings is 1. The molecule has 0 spiro atoms. The average Bonchev–Trinajstić information content (AvgIpc) is 3.12. The van der Waals surface area contributed by atoms with Crippen LogP contribution in [0.15, 0.2) is 24.3 Å². The van der Waals surface area contributed by atoms with Crippen LogP contribution in [0.25, 0.3) is 0 Å². The molecule has 2 unspecified atom stereocenters. The van der Waals surface area contributed by atoms with Crippen molar-refractivity contribution < 1.29 is 38.3 Å². The second-order valence-electron chi connectivity index (χ2n) is 14.1. The van der Waals surface area contributed by atoms with Crippen LogP contribution in [0.2, 0.25) is 0 Å². The number of hydrogen-bond donors (Lipinski definition) is 3. The van der Waals surface area contributed by atoms with Crippen LogP contribution < -0.4 is 0 Å². The van der Waals surface area contributed by atoms with Crippen LogP contribution in [0.4, 0.5) is 0 Å². The van der Waals surface area contributed by atoms with E-state index in [4.69, 9.17) is 4.52 Å². The smallest absolute Gasteiger partial charge is 0.472 e. The van der Waals surface area contributed by atoms with Gasteiger partial charge in [-0.25, -0.2) is 4.57 Å². The molecular weight excluding hydrogens is 657 g/mol. The van der Waals surface area contributed by atoms with Gasteiger partial charge in [-0.05, 0) is 50.8 Å². The summed E-state index contributed by atoms with van der Waals surface area (Å²) in [7, 11) is -1.83. The molecule has 1 heterocycles. The summed E-state index contributed by atoms with van der Waals surface area (Å²) in [6.07, 6.45) is 21.6. The van der Waals surface area contributed by atoms with Gasteiger partial charge in [-0.2, -0.15) is 0 Å². The fraction of sp³-hybridized carbons (Fsp3) is 0.789. The molecule has 12 heteroatoms. The van der Waals surface area contributed by atoms with Gasteiger partial charge >= 0.3 is 19.8 Å². The van der Waals surface area contributed by atoms with Crippen molar-refractivity contribution >= 4 is 19.8 Å². The van der Waals surface area contributed by atoms with Crippen molar-refractivity contribution in [1.29, 1.82) is 0 Å². The van der Waals surface area contributed by atoms with E-state index in [-0.39, 0.29) is 32.3 Å². The molecule has 1 aliphatic rings. The Labute approximate surface area is 302 Å². The van der Waals surface area contributed by atoms with Gasteiger partial charge in [-0.3, -0.25) is 28.4 Å². The lowest BCUT2D eigenvalue weighted by Crippen LogP contribution is -2.48. The first kappa shape index (κ1) is 44.3. The molecule has 0 saturated carbocycles. The number of unbranched alkanes of at least 4 members (excludes halogenated alkanes) is 15. The molecule has 2 atom stereocenters. The predicted molar refractivity (Wildman–Crippen MR) is 200 cm³/mol. The van der Waals surface area contributed by atoms with E-state index in [2.05, 4.69) is 33.7 Å². The van der Waals surface area contributed by atoms with Gasteiger partial charge in [0, 0.05) is 38.8 Å². The van der Waals surface area contributed by atoms with Crippen LogP contribution in [-0.4, -0.2) is 114 Å². The maximum atomic E-state index is 11.7. The Hall–Kier alpha value is -1.85. The maximum Gasteiger partial charge on any atom is 0.472 e. The van der Waals surface area contributed by atoms with Crippen LogP contribution in [0.1, 0.15) is 121 Å². The lowest BCUT2D eigenvalue weighted by molar-refractivity contribution is -0.140. The molecule has 1 aromatic rings. The SMILES string of the molecule is CCOP(=O)(O)OCCCCCCCCCCCCCCCCCCc1ccc(CC2CN(CC(=O)O)CCN(C)CCN2CC(=O)O)cc1. The molecule has 0 aromatic heterocycles. The zero-order chi connectivity index (χ0) is 36.5. The Morgan fingerprint density at radius 2 is 1.18 bits per heavy atom. The van der Waals surface area contributed by atoms with E-state index in [9.17, 15) is 29.3 Å². The standard InChI is InChI=1S/C38H68N3O8P/c1-3-48-50(46,47)49-29-19-17-15-13-11-9-7-5-4-6-8-10-12-14-16-18-20-34-21-23-35(24-22-34)30-36-31-40(32-37(42)43)27-25-39(2)26-28-41(36)33-38(44)45/h21-24,36H,3-20,25-33H2,1-2H3,(H,42,43)(H,44,45)(H,46,47). The number of rotatable bonds is 28. The average molecular weight is 726 g/mol. The Morgan fingerprint density at radius 1 is 0.700 bits per heavy atom. The van der Waals surface area contributed by atoms with Crippen LogP contribution in [0.5, 0.6) is 0 Å². The minimum absolute atomic E-state index is 0.0392. The number of carbonyl (C=O) groups is 2. The van der Waals surface area contributed by atoms with Gasteiger partial charge in [0.1, 0.15) is 0 Å². The third-order valence-electron chi connectivity index (χ3n) is 9.65. The summed E-state index contributed by atoms with van der Waals surface area (Å²) in [5.41, 5.74) is 2.50. The van der Waals surface area contributed by atoms with Crippen molar-refractivity contribution in [1.82, 2.24) is 14.7 Å². The fourth-order valence-electron chi connectivity index (χ4n) is 6.72.